The lowest BCUT2D eigenvalue weighted by Gasteiger charge is -2.37. The molecule has 0 N–H and O–H groups in total. The highest BCUT2D eigenvalue weighted by Crippen LogP contribution is 2.56. The summed E-state index contributed by atoms with van der Waals surface area (Å²) in [6.07, 6.45) is 7.07. The fourth-order valence-corrected chi connectivity index (χ4v) is 6.81. The molecule has 0 heteroatoms. The van der Waals surface area contributed by atoms with Crippen LogP contribution >= 0.6 is 0 Å². The Balaban J connectivity index is 1.65. The van der Waals surface area contributed by atoms with Gasteiger partial charge in [-0.05, 0) is 88.6 Å². The Labute approximate surface area is 218 Å². The van der Waals surface area contributed by atoms with Gasteiger partial charge in [-0.3, -0.25) is 0 Å². The van der Waals surface area contributed by atoms with E-state index in [1.807, 2.05) is 0 Å². The van der Waals surface area contributed by atoms with Crippen LogP contribution in [0.15, 0.2) is 101 Å². The van der Waals surface area contributed by atoms with Crippen LogP contribution < -0.4 is 0 Å². The van der Waals surface area contributed by atoms with Gasteiger partial charge in [0.25, 0.3) is 0 Å². The van der Waals surface area contributed by atoms with Crippen LogP contribution in [0.1, 0.15) is 82.1 Å². The van der Waals surface area contributed by atoms with Crippen LogP contribution in [0.25, 0.3) is 16.8 Å². The number of allylic oxidation sites excluding steroid dienone is 6. The highest BCUT2D eigenvalue weighted by atomic mass is 14.5. The van der Waals surface area contributed by atoms with E-state index < -0.39 is 0 Å². The third-order valence-corrected chi connectivity index (χ3v) is 8.62. The second-order valence-corrected chi connectivity index (χ2v) is 11.3. The maximum Gasteiger partial charge on any atom is 0.0175 e. The molecular formula is C36H40. The lowest BCUT2D eigenvalue weighted by atomic mass is 9.66. The van der Waals surface area contributed by atoms with Gasteiger partial charge in [0.1, 0.15) is 0 Å². The van der Waals surface area contributed by atoms with Crippen LogP contribution in [-0.2, 0) is 6.42 Å². The van der Waals surface area contributed by atoms with Crippen LogP contribution in [0.3, 0.4) is 0 Å². The lowest BCUT2D eigenvalue weighted by molar-refractivity contribution is 0.450. The number of fused-ring (bicyclic) bond motifs is 2. The zero-order chi connectivity index (χ0) is 25.6. The molecule has 1 fully saturated rings. The van der Waals surface area contributed by atoms with Crippen molar-refractivity contribution in [1.29, 1.82) is 0 Å². The summed E-state index contributed by atoms with van der Waals surface area (Å²) < 4.78 is 0. The van der Waals surface area contributed by atoms with E-state index in [1.165, 1.54) is 49.7 Å². The van der Waals surface area contributed by atoms with E-state index in [1.54, 1.807) is 11.1 Å². The summed E-state index contributed by atoms with van der Waals surface area (Å²) >= 11 is 0. The van der Waals surface area contributed by atoms with Crippen LogP contribution in [0.5, 0.6) is 0 Å². The van der Waals surface area contributed by atoms with Crippen molar-refractivity contribution < 1.29 is 0 Å². The van der Waals surface area contributed by atoms with Crippen LogP contribution in [-0.4, -0.2) is 0 Å². The Kier molecular flexibility index (Phi) is 6.64. The van der Waals surface area contributed by atoms with Crippen molar-refractivity contribution in [1.82, 2.24) is 0 Å². The van der Waals surface area contributed by atoms with Crippen LogP contribution in [0.2, 0.25) is 0 Å². The maximum atomic E-state index is 4.49. The Morgan fingerprint density at radius 1 is 1.03 bits per heavy atom. The summed E-state index contributed by atoms with van der Waals surface area (Å²) in [7, 11) is 0. The summed E-state index contributed by atoms with van der Waals surface area (Å²) in [5.41, 5.74) is 12.9. The molecule has 0 nitrogen and oxygen atoms in total. The molecule has 5 rings (SSSR count). The molecule has 3 aromatic rings. The smallest absolute Gasteiger partial charge is 0.0175 e. The van der Waals surface area contributed by atoms with E-state index in [0.29, 0.717) is 23.7 Å². The number of hydrogen-bond donors (Lipinski definition) is 0. The fourth-order valence-electron chi connectivity index (χ4n) is 6.81. The normalized spacial score (nSPS) is 22.9. The fraction of sp³-hybridized carbons (Fsp3) is 0.333. The molecule has 36 heavy (non-hydrogen) atoms. The van der Waals surface area contributed by atoms with Crippen molar-refractivity contribution in [3.63, 3.8) is 0 Å². The Morgan fingerprint density at radius 3 is 2.42 bits per heavy atom. The van der Waals surface area contributed by atoms with Gasteiger partial charge in [-0.2, -0.15) is 0 Å². The molecular weight excluding hydrogens is 432 g/mol. The first-order valence-corrected chi connectivity index (χ1v) is 13.7. The minimum absolute atomic E-state index is 0.341. The molecule has 0 bridgehead atoms. The SMILES string of the molecule is C=C(C)C1=C(C)C=C2C/C(=C\c3ccc(C(C)C)cc3)C(C)C2C1c1c(CC)ccc2ccccc12. The van der Waals surface area contributed by atoms with Crippen LogP contribution in [0, 0.1) is 11.8 Å². The van der Waals surface area contributed by atoms with Gasteiger partial charge in [-0.1, -0.05) is 124 Å². The van der Waals surface area contributed by atoms with Gasteiger partial charge >= 0.3 is 0 Å². The van der Waals surface area contributed by atoms with Crippen molar-refractivity contribution in [2.24, 2.45) is 11.8 Å². The molecule has 2 aliphatic carbocycles. The van der Waals surface area contributed by atoms with Gasteiger partial charge in [0.2, 0.25) is 0 Å². The molecule has 0 aromatic heterocycles. The summed E-state index contributed by atoms with van der Waals surface area (Å²) in [5, 5.41) is 2.75. The standard InChI is InChI=1S/C36H40/c1-8-27-17-18-29-11-9-10-12-32(29)35(27)36-33(23(4)5)24(6)19-31-21-30(25(7)34(31)36)20-26-13-15-28(16-14-26)22(2)3/h9-20,22,25,34,36H,4,8,21H2,1-3,5-7H3/b30-20+. The quantitative estimate of drug-likeness (QED) is 0.346. The van der Waals surface area contributed by atoms with Crippen LogP contribution in [0.4, 0.5) is 0 Å². The van der Waals surface area contributed by atoms with Crippen molar-refractivity contribution in [3.05, 3.63) is 123 Å². The summed E-state index contributed by atoms with van der Waals surface area (Å²) in [6, 6.07) is 22.8. The topological polar surface area (TPSA) is 0 Å². The molecule has 184 valence electrons. The number of rotatable bonds is 5. The zero-order valence-corrected chi connectivity index (χ0v) is 22.9. The number of benzene rings is 3. The van der Waals surface area contributed by atoms with Gasteiger partial charge in [0.15, 0.2) is 0 Å². The molecule has 0 heterocycles. The van der Waals surface area contributed by atoms with Crippen molar-refractivity contribution in [2.45, 2.75) is 66.2 Å². The lowest BCUT2D eigenvalue weighted by Crippen LogP contribution is -2.25. The summed E-state index contributed by atoms with van der Waals surface area (Å²) in [4.78, 5) is 0. The predicted octanol–water partition coefficient (Wildman–Crippen LogP) is 10.2. The van der Waals surface area contributed by atoms with Gasteiger partial charge in [-0.15, -0.1) is 0 Å². The molecule has 2 aliphatic rings. The van der Waals surface area contributed by atoms with E-state index in [2.05, 4.69) is 121 Å². The Morgan fingerprint density at radius 2 is 1.75 bits per heavy atom. The average Bonchev–Trinajstić information content (AvgIpc) is 3.16. The van der Waals surface area contributed by atoms with Gasteiger partial charge in [0, 0.05) is 5.92 Å². The summed E-state index contributed by atoms with van der Waals surface area (Å²) in [6.45, 7) is 18.3. The van der Waals surface area contributed by atoms with Crippen molar-refractivity contribution in [2.75, 3.05) is 0 Å². The molecule has 0 aliphatic heterocycles. The monoisotopic (exact) mass is 472 g/mol. The Hall–Kier alpha value is -3.12. The largest absolute Gasteiger partial charge is 0.0958 e. The Bertz CT molecular complexity index is 1400. The summed E-state index contributed by atoms with van der Waals surface area (Å²) in [5.74, 6) is 1.86. The van der Waals surface area contributed by atoms with E-state index in [4.69, 9.17) is 0 Å². The molecule has 1 saturated carbocycles. The number of aryl methyl sites for hydroxylation is 1. The van der Waals surface area contributed by atoms with Crippen molar-refractivity contribution >= 4 is 16.8 Å². The second-order valence-electron chi connectivity index (χ2n) is 11.3. The van der Waals surface area contributed by atoms with Crippen molar-refractivity contribution in [3.8, 4) is 0 Å². The van der Waals surface area contributed by atoms with Gasteiger partial charge in [0.05, 0.1) is 0 Å². The van der Waals surface area contributed by atoms with Gasteiger partial charge < -0.3 is 0 Å². The van der Waals surface area contributed by atoms with E-state index in [0.717, 1.165) is 12.8 Å². The minimum Gasteiger partial charge on any atom is -0.0958 e. The molecule has 0 spiro atoms. The second kappa shape index (κ2) is 9.74. The minimum atomic E-state index is 0.341. The third kappa shape index (κ3) is 4.21. The first-order chi connectivity index (χ1) is 17.3. The molecule has 0 saturated heterocycles. The van der Waals surface area contributed by atoms with E-state index >= 15 is 0 Å². The van der Waals surface area contributed by atoms with Gasteiger partial charge in [-0.25, -0.2) is 0 Å². The first-order valence-electron chi connectivity index (χ1n) is 13.7. The average molecular weight is 473 g/mol. The van der Waals surface area contributed by atoms with E-state index in [9.17, 15) is 0 Å². The number of hydrogen-bond acceptors (Lipinski definition) is 0. The predicted molar refractivity (Wildman–Crippen MR) is 157 cm³/mol. The third-order valence-electron chi connectivity index (χ3n) is 8.62. The molecule has 0 amide bonds. The zero-order valence-electron chi connectivity index (χ0n) is 22.9. The highest BCUT2D eigenvalue weighted by molar-refractivity contribution is 5.88. The molecule has 3 aromatic carbocycles. The first kappa shape index (κ1) is 24.6. The maximum absolute atomic E-state index is 4.49. The highest BCUT2D eigenvalue weighted by Gasteiger charge is 2.43. The molecule has 3 unspecified atom stereocenters. The molecule has 0 radical (unpaired) electrons. The van der Waals surface area contributed by atoms with E-state index in [-0.39, 0.29) is 0 Å². The molecule has 3 atom stereocenters.